The minimum Gasteiger partial charge on any atom is -0.544 e. The van der Waals surface area contributed by atoms with Gasteiger partial charge in [-0.3, -0.25) is 0 Å². The minimum atomic E-state index is -1.67. The molecular weight excluding hydrogens is 294 g/mol. The van der Waals surface area contributed by atoms with Gasteiger partial charge in [0.1, 0.15) is 11.4 Å². The maximum Gasteiger partial charge on any atom is 0.407 e. The maximum atomic E-state index is 11.7. The molecule has 0 saturated heterocycles. The molecule has 0 unspecified atom stereocenters. The van der Waals surface area contributed by atoms with Crippen molar-refractivity contribution < 1.29 is 14.0 Å². The molecular formula is C17H27NO3Si. The van der Waals surface area contributed by atoms with E-state index in [9.17, 15) is 4.79 Å². The van der Waals surface area contributed by atoms with Gasteiger partial charge in [-0.2, -0.15) is 0 Å². The van der Waals surface area contributed by atoms with E-state index in [1.54, 1.807) is 0 Å². The summed E-state index contributed by atoms with van der Waals surface area (Å²) in [6.45, 7) is 16.3. The van der Waals surface area contributed by atoms with Crippen molar-refractivity contribution in [3.63, 3.8) is 0 Å². The van der Waals surface area contributed by atoms with Crippen LogP contribution in [0.2, 0.25) is 19.6 Å². The largest absolute Gasteiger partial charge is 0.544 e. The Hall–Kier alpha value is -1.75. The second-order valence-corrected chi connectivity index (χ2v) is 11.6. The average molecular weight is 321 g/mol. The van der Waals surface area contributed by atoms with E-state index in [4.69, 9.17) is 9.16 Å². The Morgan fingerprint density at radius 1 is 1.27 bits per heavy atom. The molecule has 0 aromatic heterocycles. The minimum absolute atomic E-state index is 0.406. The second kappa shape index (κ2) is 7.00. The zero-order chi connectivity index (χ0) is 17.0. The predicted molar refractivity (Wildman–Crippen MR) is 93.0 cm³/mol. The lowest BCUT2D eigenvalue weighted by Gasteiger charge is -2.21. The number of ether oxygens (including phenoxy) is 1. The number of amides is 1. The van der Waals surface area contributed by atoms with E-state index >= 15 is 0 Å². The Morgan fingerprint density at radius 2 is 1.91 bits per heavy atom. The van der Waals surface area contributed by atoms with Gasteiger partial charge in [-0.1, -0.05) is 24.8 Å². The number of hydrogen-bond acceptors (Lipinski definition) is 3. The predicted octanol–water partition coefficient (Wildman–Crippen LogP) is 4.53. The molecule has 0 spiro atoms. The molecule has 0 aliphatic rings. The van der Waals surface area contributed by atoms with Crippen molar-refractivity contribution in [2.75, 3.05) is 0 Å². The first kappa shape index (κ1) is 18.3. The van der Waals surface area contributed by atoms with Gasteiger partial charge in [0.2, 0.25) is 8.32 Å². The smallest absolute Gasteiger partial charge is 0.407 e. The average Bonchev–Trinajstić information content (AvgIpc) is 2.32. The summed E-state index contributed by atoms with van der Waals surface area (Å²) in [6.07, 6.45) is -0.421. The quantitative estimate of drug-likeness (QED) is 0.640. The van der Waals surface area contributed by atoms with Gasteiger partial charge >= 0.3 is 6.09 Å². The molecule has 1 rings (SSSR count). The van der Waals surface area contributed by atoms with E-state index in [1.165, 1.54) is 0 Å². The van der Waals surface area contributed by atoms with Crippen LogP contribution in [0.25, 0.3) is 5.76 Å². The summed E-state index contributed by atoms with van der Waals surface area (Å²) in [5.74, 6) is 0.679. The van der Waals surface area contributed by atoms with Gasteiger partial charge in [0.25, 0.3) is 0 Å². The highest BCUT2D eigenvalue weighted by atomic mass is 28.4. The lowest BCUT2D eigenvalue weighted by molar-refractivity contribution is 0.0523. The Kier molecular flexibility index (Phi) is 5.83. The number of rotatable bonds is 5. The number of hydrogen-bond donors (Lipinski definition) is 1. The Balaban J connectivity index is 2.65. The molecule has 0 bridgehead atoms. The number of benzene rings is 1. The van der Waals surface area contributed by atoms with Gasteiger partial charge in [0.15, 0.2) is 0 Å². The SMILES string of the molecule is C=C(O[Si](C)(C)C)c1cccc(CNC(=O)OC(C)(C)C)c1. The van der Waals surface area contributed by atoms with Crippen LogP contribution in [0, 0.1) is 0 Å². The third-order valence-electron chi connectivity index (χ3n) is 2.51. The molecule has 22 heavy (non-hydrogen) atoms. The highest BCUT2D eigenvalue weighted by Gasteiger charge is 2.18. The maximum absolute atomic E-state index is 11.7. The molecule has 1 N–H and O–H groups in total. The third-order valence-corrected chi connectivity index (χ3v) is 3.37. The fourth-order valence-electron chi connectivity index (χ4n) is 1.77. The molecule has 5 heteroatoms. The second-order valence-electron chi connectivity index (χ2n) is 7.19. The fourth-order valence-corrected chi connectivity index (χ4v) is 2.63. The number of carbonyl (C=O) groups excluding carboxylic acids is 1. The molecule has 1 aromatic rings. The Labute approximate surface area is 134 Å². The molecule has 0 aliphatic carbocycles. The van der Waals surface area contributed by atoms with Crippen LogP contribution < -0.4 is 5.32 Å². The van der Waals surface area contributed by atoms with E-state index in [-0.39, 0.29) is 0 Å². The summed E-state index contributed by atoms with van der Waals surface area (Å²) >= 11 is 0. The van der Waals surface area contributed by atoms with Gasteiger partial charge < -0.3 is 14.5 Å². The first-order chi connectivity index (χ1) is 9.96. The molecule has 4 nitrogen and oxygen atoms in total. The molecule has 1 amide bonds. The van der Waals surface area contributed by atoms with E-state index in [0.717, 1.165) is 11.1 Å². The van der Waals surface area contributed by atoms with Crippen LogP contribution in [0.3, 0.4) is 0 Å². The van der Waals surface area contributed by atoms with Crippen molar-refractivity contribution in [2.45, 2.75) is 52.6 Å². The summed E-state index contributed by atoms with van der Waals surface area (Å²) in [4.78, 5) is 11.7. The first-order valence-corrected chi connectivity index (χ1v) is 10.8. The van der Waals surface area contributed by atoms with Crippen molar-refractivity contribution in [1.29, 1.82) is 0 Å². The van der Waals surface area contributed by atoms with Crippen LogP contribution in [-0.4, -0.2) is 20.0 Å². The van der Waals surface area contributed by atoms with Gasteiger partial charge in [-0.05, 0) is 52.0 Å². The van der Waals surface area contributed by atoms with Gasteiger partial charge in [-0.25, -0.2) is 4.79 Å². The molecule has 0 atom stereocenters. The molecule has 0 radical (unpaired) electrons. The summed E-state index contributed by atoms with van der Waals surface area (Å²) < 4.78 is 11.1. The lowest BCUT2D eigenvalue weighted by atomic mass is 10.1. The molecule has 1 aromatic carbocycles. The highest BCUT2D eigenvalue weighted by molar-refractivity contribution is 6.70. The zero-order valence-electron chi connectivity index (χ0n) is 14.4. The number of alkyl carbamates (subject to hydrolysis) is 1. The first-order valence-electron chi connectivity index (χ1n) is 7.40. The van der Waals surface area contributed by atoms with Gasteiger partial charge in [0, 0.05) is 12.1 Å². The van der Waals surface area contributed by atoms with Gasteiger partial charge in [0.05, 0.1) is 0 Å². The van der Waals surface area contributed by atoms with E-state index in [0.29, 0.717) is 12.3 Å². The fraction of sp³-hybridized carbons (Fsp3) is 0.471. The third kappa shape index (κ3) is 7.31. The van der Waals surface area contributed by atoms with Crippen LogP contribution in [0.15, 0.2) is 30.8 Å². The summed E-state index contributed by atoms with van der Waals surface area (Å²) in [5, 5.41) is 2.75. The van der Waals surface area contributed by atoms with Crippen LogP contribution in [0.5, 0.6) is 0 Å². The molecule has 122 valence electrons. The van der Waals surface area contributed by atoms with Crippen LogP contribution >= 0.6 is 0 Å². The zero-order valence-corrected chi connectivity index (χ0v) is 15.4. The van der Waals surface area contributed by atoms with Crippen molar-refractivity contribution in [3.8, 4) is 0 Å². The molecule has 0 aliphatic heterocycles. The van der Waals surface area contributed by atoms with Crippen molar-refractivity contribution in [1.82, 2.24) is 5.32 Å². The van der Waals surface area contributed by atoms with Gasteiger partial charge in [-0.15, -0.1) is 0 Å². The topological polar surface area (TPSA) is 47.6 Å². The highest BCUT2D eigenvalue weighted by Crippen LogP contribution is 2.20. The van der Waals surface area contributed by atoms with E-state index in [2.05, 4.69) is 31.5 Å². The normalized spacial score (nSPS) is 11.7. The summed E-state index contributed by atoms with van der Waals surface area (Å²) in [5.41, 5.74) is 1.42. The van der Waals surface area contributed by atoms with Crippen LogP contribution in [0.4, 0.5) is 4.79 Å². The monoisotopic (exact) mass is 321 g/mol. The van der Waals surface area contributed by atoms with Crippen molar-refractivity contribution in [2.24, 2.45) is 0 Å². The Bertz CT molecular complexity index is 542. The van der Waals surface area contributed by atoms with Crippen molar-refractivity contribution >= 4 is 20.2 Å². The summed E-state index contributed by atoms with van der Waals surface area (Å²) in [6, 6.07) is 7.81. The van der Waals surface area contributed by atoms with E-state index in [1.807, 2.05) is 45.0 Å². The van der Waals surface area contributed by atoms with E-state index < -0.39 is 20.0 Å². The number of carbonyl (C=O) groups is 1. The molecule has 0 saturated carbocycles. The van der Waals surface area contributed by atoms with Crippen LogP contribution in [0.1, 0.15) is 31.9 Å². The Morgan fingerprint density at radius 3 is 2.45 bits per heavy atom. The molecule has 0 fully saturated rings. The van der Waals surface area contributed by atoms with Crippen molar-refractivity contribution in [3.05, 3.63) is 42.0 Å². The standard InChI is InChI=1S/C17H27NO3Si/c1-13(21-22(5,6)7)15-10-8-9-14(11-15)12-18-16(19)20-17(2,3)4/h8-11H,1,12H2,2-7H3,(H,18,19). The lowest BCUT2D eigenvalue weighted by Crippen LogP contribution is -2.32. The number of nitrogens with one attached hydrogen (secondary N) is 1. The summed E-state index contributed by atoms with van der Waals surface area (Å²) in [7, 11) is -1.67. The molecule has 0 heterocycles. The van der Waals surface area contributed by atoms with Crippen LogP contribution in [-0.2, 0) is 15.7 Å².